The Balaban J connectivity index is 0.00000210. The lowest BCUT2D eigenvalue weighted by molar-refractivity contribution is -0.152. The largest absolute Gasteiger partial charge is 0.461 e. The van der Waals surface area contributed by atoms with Crippen LogP contribution in [0, 0.1) is 5.82 Å². The number of aromatic nitrogens is 2. The standard InChI is InChI=1S/C25H25BrClFN4O4S.2ClH/c1-13(29)25(33)36-18-10-16-4-5-17(11-18)32(16)37(34,35)23-9-15(3-7-20(23)27)24-30-12-22(31-24)14-2-6-19(26)21(28)8-14;;/h2-3,6-9,12-13,16-18H,4-5,10-11,29H2,1H3,(H,30,31);2*1H/t13-,16+,17?,18?;;/m0../s1. The number of carbonyl (C=O) groups is 1. The molecule has 2 aromatic carbocycles. The predicted molar refractivity (Wildman–Crippen MR) is 155 cm³/mol. The molecule has 3 aromatic rings. The molecule has 2 unspecified atom stereocenters. The molecule has 5 rings (SSSR count). The summed E-state index contributed by atoms with van der Waals surface area (Å²) in [7, 11) is -3.94. The molecule has 4 atom stereocenters. The number of nitrogens with two attached hydrogens (primary N) is 1. The molecule has 2 aliphatic heterocycles. The normalized spacial score (nSPS) is 21.5. The second-order valence-electron chi connectivity index (χ2n) is 9.46. The number of nitrogens with one attached hydrogen (secondary N) is 1. The maximum atomic E-state index is 14.0. The van der Waals surface area contributed by atoms with Gasteiger partial charge in [0.1, 0.15) is 28.7 Å². The van der Waals surface area contributed by atoms with E-state index in [1.165, 1.54) is 22.5 Å². The molecule has 14 heteroatoms. The first-order valence-corrected chi connectivity index (χ1v) is 14.5. The van der Waals surface area contributed by atoms with Gasteiger partial charge in [0.15, 0.2) is 0 Å². The summed E-state index contributed by atoms with van der Waals surface area (Å²) in [5.41, 5.74) is 7.33. The SMILES string of the molecule is C[C@H](N)C(=O)OC1CC2CC[C@H](C1)N2S(=O)(=O)c1cc(-c2ncc(-c3ccc(Br)c(F)c3)[nH]2)ccc1Cl.Cl.Cl. The fraction of sp³-hybridized carbons (Fsp3) is 0.360. The maximum absolute atomic E-state index is 14.0. The second-order valence-corrected chi connectivity index (χ2v) is 12.5. The lowest BCUT2D eigenvalue weighted by atomic mass is 10.0. The summed E-state index contributed by atoms with van der Waals surface area (Å²) in [6, 6.07) is 8.12. The Labute approximate surface area is 251 Å². The number of piperidine rings is 1. The van der Waals surface area contributed by atoms with Gasteiger partial charge in [0.25, 0.3) is 0 Å². The van der Waals surface area contributed by atoms with Gasteiger partial charge < -0.3 is 15.5 Å². The van der Waals surface area contributed by atoms with Gasteiger partial charge in [-0.1, -0.05) is 17.7 Å². The fourth-order valence-corrected chi connectivity index (χ4v) is 7.73. The van der Waals surface area contributed by atoms with Gasteiger partial charge in [0, 0.05) is 36.1 Å². The third-order valence-corrected chi connectivity index (χ3v) is 9.97. The minimum absolute atomic E-state index is 0. The van der Waals surface area contributed by atoms with Crippen LogP contribution in [0.2, 0.25) is 5.02 Å². The lowest BCUT2D eigenvalue weighted by Crippen LogP contribution is -2.49. The van der Waals surface area contributed by atoms with Gasteiger partial charge in [-0.05, 0) is 66.0 Å². The van der Waals surface area contributed by atoms with Crippen molar-refractivity contribution in [2.75, 3.05) is 0 Å². The molecule has 2 fully saturated rings. The summed E-state index contributed by atoms with van der Waals surface area (Å²) in [6.07, 6.45) is 3.38. The van der Waals surface area contributed by atoms with Crippen LogP contribution in [-0.4, -0.2) is 52.9 Å². The molecule has 39 heavy (non-hydrogen) atoms. The molecule has 2 aliphatic rings. The number of H-pyrrole nitrogens is 1. The number of benzene rings is 2. The van der Waals surface area contributed by atoms with Crippen LogP contribution in [0.3, 0.4) is 0 Å². The van der Waals surface area contributed by atoms with Gasteiger partial charge >= 0.3 is 5.97 Å². The lowest BCUT2D eigenvalue weighted by Gasteiger charge is -2.37. The van der Waals surface area contributed by atoms with Crippen LogP contribution in [0.5, 0.6) is 0 Å². The van der Waals surface area contributed by atoms with E-state index >= 15 is 0 Å². The number of halogens is 5. The minimum atomic E-state index is -3.94. The molecule has 0 aliphatic carbocycles. The van der Waals surface area contributed by atoms with E-state index in [-0.39, 0.29) is 52.9 Å². The van der Waals surface area contributed by atoms with Gasteiger partial charge in [-0.15, -0.1) is 24.8 Å². The predicted octanol–water partition coefficient (Wildman–Crippen LogP) is 5.72. The van der Waals surface area contributed by atoms with Gasteiger partial charge in [-0.3, -0.25) is 4.79 Å². The van der Waals surface area contributed by atoms with E-state index in [4.69, 9.17) is 22.1 Å². The van der Waals surface area contributed by atoms with E-state index in [0.717, 1.165) is 0 Å². The number of fused-ring (bicyclic) bond motifs is 2. The maximum Gasteiger partial charge on any atom is 0.322 e. The quantitative estimate of drug-likeness (QED) is 0.321. The smallest absolute Gasteiger partial charge is 0.322 e. The summed E-state index contributed by atoms with van der Waals surface area (Å²) in [6.45, 7) is 1.56. The monoisotopic (exact) mass is 682 g/mol. The Hall–Kier alpha value is -1.73. The number of aromatic amines is 1. The molecule has 212 valence electrons. The number of hydrogen-bond donors (Lipinski definition) is 2. The van der Waals surface area contributed by atoms with Gasteiger partial charge in [0.2, 0.25) is 10.0 Å². The van der Waals surface area contributed by atoms with Crippen molar-refractivity contribution in [2.45, 2.75) is 61.7 Å². The molecular formula is C25H27BrCl3FN4O4S. The molecule has 3 heterocycles. The summed E-state index contributed by atoms with van der Waals surface area (Å²) in [4.78, 5) is 19.5. The summed E-state index contributed by atoms with van der Waals surface area (Å²) in [5, 5.41) is 0.107. The Morgan fingerprint density at radius 2 is 1.82 bits per heavy atom. The minimum Gasteiger partial charge on any atom is -0.461 e. The van der Waals surface area contributed by atoms with Crippen molar-refractivity contribution in [2.24, 2.45) is 5.73 Å². The highest BCUT2D eigenvalue weighted by Crippen LogP contribution is 2.42. The van der Waals surface area contributed by atoms with E-state index in [1.807, 2.05) is 0 Å². The third-order valence-electron chi connectivity index (χ3n) is 6.84. The Kier molecular flexibility index (Phi) is 10.1. The molecule has 2 saturated heterocycles. The van der Waals surface area contributed by atoms with Crippen molar-refractivity contribution >= 4 is 68.3 Å². The van der Waals surface area contributed by atoms with Crippen LogP contribution in [0.4, 0.5) is 4.39 Å². The van der Waals surface area contributed by atoms with Crippen molar-refractivity contribution in [3.05, 3.63) is 57.9 Å². The number of esters is 1. The number of rotatable bonds is 6. The molecule has 0 spiro atoms. The number of hydrogen-bond acceptors (Lipinski definition) is 6. The van der Waals surface area contributed by atoms with Crippen molar-refractivity contribution in [1.82, 2.24) is 14.3 Å². The molecule has 2 bridgehead atoms. The molecule has 1 aromatic heterocycles. The van der Waals surface area contributed by atoms with Gasteiger partial charge in [0.05, 0.1) is 21.4 Å². The second kappa shape index (κ2) is 12.4. The molecular weight excluding hydrogens is 658 g/mol. The zero-order valence-electron chi connectivity index (χ0n) is 20.6. The van der Waals surface area contributed by atoms with E-state index < -0.39 is 27.9 Å². The number of sulfonamides is 1. The van der Waals surface area contributed by atoms with E-state index in [1.54, 1.807) is 31.3 Å². The van der Waals surface area contributed by atoms with Crippen LogP contribution in [-0.2, 0) is 19.6 Å². The zero-order valence-corrected chi connectivity index (χ0v) is 25.4. The Morgan fingerprint density at radius 1 is 1.18 bits per heavy atom. The molecule has 0 saturated carbocycles. The van der Waals surface area contributed by atoms with Crippen LogP contribution < -0.4 is 5.73 Å². The summed E-state index contributed by atoms with van der Waals surface area (Å²) in [5.74, 6) is -0.463. The highest BCUT2D eigenvalue weighted by atomic mass is 79.9. The Bertz CT molecular complexity index is 1460. The zero-order chi connectivity index (χ0) is 26.5. The van der Waals surface area contributed by atoms with Crippen LogP contribution in [0.25, 0.3) is 22.6 Å². The molecule has 3 N–H and O–H groups in total. The van der Waals surface area contributed by atoms with Crippen LogP contribution >= 0.6 is 52.3 Å². The van der Waals surface area contributed by atoms with Crippen molar-refractivity contribution in [3.63, 3.8) is 0 Å². The van der Waals surface area contributed by atoms with E-state index in [9.17, 15) is 17.6 Å². The first kappa shape index (κ1) is 31.8. The van der Waals surface area contributed by atoms with E-state index in [0.29, 0.717) is 52.8 Å². The molecule has 0 amide bonds. The average molecular weight is 685 g/mol. The highest BCUT2D eigenvalue weighted by molar-refractivity contribution is 9.10. The first-order valence-electron chi connectivity index (χ1n) is 11.8. The van der Waals surface area contributed by atoms with Gasteiger partial charge in [-0.2, -0.15) is 4.31 Å². The molecule has 0 radical (unpaired) electrons. The Morgan fingerprint density at radius 3 is 2.44 bits per heavy atom. The fourth-order valence-electron chi connectivity index (χ4n) is 5.08. The third kappa shape index (κ3) is 6.29. The molecule has 8 nitrogen and oxygen atoms in total. The number of nitrogens with zero attached hydrogens (tertiary/aromatic N) is 2. The summed E-state index contributed by atoms with van der Waals surface area (Å²) < 4.78 is 49.0. The summed E-state index contributed by atoms with van der Waals surface area (Å²) >= 11 is 9.54. The van der Waals surface area contributed by atoms with Crippen molar-refractivity contribution in [3.8, 4) is 22.6 Å². The number of imidazole rings is 1. The topological polar surface area (TPSA) is 118 Å². The van der Waals surface area contributed by atoms with Gasteiger partial charge in [-0.25, -0.2) is 17.8 Å². The van der Waals surface area contributed by atoms with Crippen LogP contribution in [0.1, 0.15) is 32.6 Å². The number of ether oxygens (including phenoxy) is 1. The highest BCUT2D eigenvalue weighted by Gasteiger charge is 2.48. The van der Waals surface area contributed by atoms with E-state index in [2.05, 4.69) is 25.9 Å². The van der Waals surface area contributed by atoms with Crippen molar-refractivity contribution < 1.29 is 22.3 Å². The van der Waals surface area contributed by atoms with Crippen molar-refractivity contribution in [1.29, 1.82) is 0 Å². The average Bonchev–Trinajstić information content (AvgIpc) is 3.44. The number of carbonyl (C=O) groups excluding carboxylic acids is 1. The van der Waals surface area contributed by atoms with Crippen LogP contribution in [0.15, 0.2) is 52.0 Å². The first-order chi connectivity index (χ1) is 17.5.